The quantitative estimate of drug-likeness (QED) is 0.754. The summed E-state index contributed by atoms with van der Waals surface area (Å²) in [4.78, 5) is 0. The molecule has 0 unspecified atom stereocenters. The maximum atomic E-state index is 5.71. The molecule has 0 fully saturated rings. The predicted octanol–water partition coefficient (Wildman–Crippen LogP) is 3.15. The predicted molar refractivity (Wildman–Crippen MR) is 69.8 cm³/mol. The summed E-state index contributed by atoms with van der Waals surface area (Å²) >= 11 is 5.08. The van der Waals surface area contributed by atoms with E-state index in [4.69, 9.17) is 26.4 Å². The first-order chi connectivity index (χ1) is 8.00. The monoisotopic (exact) mass is 250 g/mol. The largest absolute Gasteiger partial charge is 0.497 e. The molecule has 0 radical (unpaired) electrons. The fourth-order valence-electron chi connectivity index (χ4n) is 1.59. The van der Waals surface area contributed by atoms with Gasteiger partial charge in [-0.2, -0.15) is 0 Å². The first-order valence-corrected chi connectivity index (χ1v) is 5.69. The highest BCUT2D eigenvalue weighted by atomic mass is 32.1. The van der Waals surface area contributed by atoms with Gasteiger partial charge in [0.05, 0.1) is 7.11 Å². The van der Waals surface area contributed by atoms with Crippen molar-refractivity contribution >= 4 is 23.0 Å². The number of methoxy groups -OCH3 is 1. The van der Waals surface area contributed by atoms with Gasteiger partial charge in [0.15, 0.2) is 5.05 Å². The van der Waals surface area contributed by atoms with Crippen molar-refractivity contribution in [3.8, 4) is 5.75 Å². The number of hydrogen-bond acceptors (Lipinski definition) is 4. The number of benzene rings is 1. The van der Waals surface area contributed by atoms with Crippen LogP contribution in [0.3, 0.4) is 0 Å². The molecule has 0 N–H and O–H groups in total. The van der Waals surface area contributed by atoms with Gasteiger partial charge in [0.25, 0.3) is 0 Å². The van der Waals surface area contributed by atoms with E-state index in [0.29, 0.717) is 10.8 Å². The zero-order valence-electron chi connectivity index (χ0n) is 10.0. The van der Waals surface area contributed by atoms with Crippen molar-refractivity contribution in [2.45, 2.75) is 19.6 Å². The fraction of sp³-hybridized carbons (Fsp3) is 0.308. The van der Waals surface area contributed by atoms with Gasteiger partial charge in [-0.1, -0.05) is 0 Å². The molecule has 0 spiro atoms. The van der Waals surface area contributed by atoms with Gasteiger partial charge in [0.2, 0.25) is 5.79 Å². The molecular formula is C13H14O3S. The first kappa shape index (κ1) is 11.9. The Morgan fingerprint density at radius 2 is 1.76 bits per heavy atom. The Morgan fingerprint density at radius 3 is 2.29 bits per heavy atom. The summed E-state index contributed by atoms with van der Waals surface area (Å²) in [6.45, 7) is 3.66. The van der Waals surface area contributed by atoms with Gasteiger partial charge >= 0.3 is 0 Å². The molecule has 1 aromatic carbocycles. The molecular weight excluding hydrogens is 236 g/mol. The van der Waals surface area contributed by atoms with Crippen LogP contribution in [0.2, 0.25) is 0 Å². The second-order valence-electron chi connectivity index (χ2n) is 4.16. The van der Waals surface area contributed by atoms with Crippen LogP contribution < -0.4 is 4.74 Å². The standard InChI is InChI=1S/C13H14O3S/c1-13(2)15-11(8-12(17)16-13)9-4-6-10(14-3)7-5-9/h4-8H,1-3H3. The molecule has 1 aromatic rings. The van der Waals surface area contributed by atoms with Gasteiger partial charge < -0.3 is 14.2 Å². The molecule has 0 aliphatic carbocycles. The highest BCUT2D eigenvalue weighted by Crippen LogP contribution is 2.29. The van der Waals surface area contributed by atoms with E-state index < -0.39 is 5.79 Å². The molecule has 1 aliphatic rings. The van der Waals surface area contributed by atoms with Gasteiger partial charge in [-0.25, -0.2) is 0 Å². The Labute approximate surface area is 106 Å². The van der Waals surface area contributed by atoms with Gasteiger partial charge in [0, 0.05) is 25.5 Å². The van der Waals surface area contributed by atoms with Crippen molar-refractivity contribution in [3.63, 3.8) is 0 Å². The molecule has 0 saturated carbocycles. The summed E-state index contributed by atoms with van der Waals surface area (Å²) in [6.07, 6.45) is 1.71. The number of ether oxygens (including phenoxy) is 3. The maximum absolute atomic E-state index is 5.71. The summed E-state index contributed by atoms with van der Waals surface area (Å²) in [6, 6.07) is 7.61. The van der Waals surface area contributed by atoms with E-state index in [1.54, 1.807) is 13.2 Å². The van der Waals surface area contributed by atoms with Crippen molar-refractivity contribution < 1.29 is 14.2 Å². The van der Waals surface area contributed by atoms with Crippen LogP contribution in [0.5, 0.6) is 5.75 Å². The lowest BCUT2D eigenvalue weighted by atomic mass is 10.1. The average molecular weight is 250 g/mol. The van der Waals surface area contributed by atoms with E-state index in [1.807, 2.05) is 38.1 Å². The minimum Gasteiger partial charge on any atom is -0.497 e. The molecule has 1 heterocycles. The molecule has 0 saturated heterocycles. The third-order valence-corrected chi connectivity index (χ3v) is 2.53. The fourth-order valence-corrected chi connectivity index (χ4v) is 1.90. The lowest BCUT2D eigenvalue weighted by molar-refractivity contribution is -0.115. The minimum atomic E-state index is -0.721. The van der Waals surface area contributed by atoms with Crippen LogP contribution in [0.1, 0.15) is 19.4 Å². The molecule has 17 heavy (non-hydrogen) atoms. The number of hydrogen-bond donors (Lipinski definition) is 0. The lowest BCUT2D eigenvalue weighted by Crippen LogP contribution is -2.33. The number of thiocarbonyl (C=S) groups is 1. The summed E-state index contributed by atoms with van der Waals surface area (Å²) in [5.74, 6) is 0.804. The van der Waals surface area contributed by atoms with E-state index >= 15 is 0 Å². The van der Waals surface area contributed by atoms with Crippen molar-refractivity contribution in [2.75, 3.05) is 7.11 Å². The molecule has 2 rings (SSSR count). The van der Waals surface area contributed by atoms with Gasteiger partial charge in [0.1, 0.15) is 11.5 Å². The zero-order chi connectivity index (χ0) is 12.5. The maximum Gasteiger partial charge on any atom is 0.246 e. The molecule has 90 valence electrons. The molecule has 0 atom stereocenters. The first-order valence-electron chi connectivity index (χ1n) is 5.28. The van der Waals surface area contributed by atoms with Crippen LogP contribution in [0, 0.1) is 0 Å². The summed E-state index contributed by atoms with van der Waals surface area (Å²) in [5, 5.41) is 0.437. The third kappa shape index (κ3) is 2.77. The van der Waals surface area contributed by atoms with Crippen molar-refractivity contribution in [2.24, 2.45) is 0 Å². The summed E-state index contributed by atoms with van der Waals surface area (Å²) in [7, 11) is 1.64. The van der Waals surface area contributed by atoms with Crippen LogP contribution in [0.4, 0.5) is 0 Å². The highest BCUT2D eigenvalue weighted by molar-refractivity contribution is 7.80. The second kappa shape index (κ2) is 4.37. The lowest BCUT2D eigenvalue weighted by Gasteiger charge is -2.32. The second-order valence-corrected chi connectivity index (χ2v) is 4.56. The zero-order valence-corrected chi connectivity index (χ0v) is 10.8. The Kier molecular flexibility index (Phi) is 3.07. The van der Waals surface area contributed by atoms with E-state index in [2.05, 4.69) is 0 Å². The SMILES string of the molecule is COc1ccc(C2=CC(=S)OC(C)(C)O2)cc1. The van der Waals surface area contributed by atoms with Crippen molar-refractivity contribution in [1.82, 2.24) is 0 Å². The Hall–Kier alpha value is -1.55. The van der Waals surface area contributed by atoms with Gasteiger partial charge in [-0.15, -0.1) is 0 Å². The third-order valence-electron chi connectivity index (χ3n) is 2.33. The van der Waals surface area contributed by atoms with Crippen LogP contribution in [-0.2, 0) is 9.47 Å². The normalized spacial score (nSPS) is 17.8. The molecule has 0 aromatic heterocycles. The summed E-state index contributed by atoms with van der Waals surface area (Å²) in [5.41, 5.74) is 0.949. The Bertz CT molecular complexity index is 460. The Balaban J connectivity index is 2.29. The van der Waals surface area contributed by atoms with Crippen LogP contribution in [0.15, 0.2) is 30.3 Å². The van der Waals surface area contributed by atoms with Crippen LogP contribution >= 0.6 is 12.2 Å². The summed E-state index contributed by atoms with van der Waals surface area (Å²) < 4.78 is 16.2. The van der Waals surface area contributed by atoms with Crippen molar-refractivity contribution in [3.05, 3.63) is 35.9 Å². The smallest absolute Gasteiger partial charge is 0.246 e. The molecule has 0 amide bonds. The molecule has 4 heteroatoms. The van der Waals surface area contributed by atoms with Crippen LogP contribution in [0.25, 0.3) is 5.76 Å². The molecule has 1 aliphatic heterocycles. The average Bonchev–Trinajstić information content (AvgIpc) is 2.26. The van der Waals surface area contributed by atoms with E-state index in [1.165, 1.54) is 0 Å². The molecule has 3 nitrogen and oxygen atoms in total. The van der Waals surface area contributed by atoms with E-state index in [-0.39, 0.29) is 0 Å². The van der Waals surface area contributed by atoms with Crippen LogP contribution in [-0.4, -0.2) is 17.9 Å². The van der Waals surface area contributed by atoms with E-state index in [0.717, 1.165) is 11.3 Å². The molecule has 0 bridgehead atoms. The number of rotatable bonds is 2. The highest BCUT2D eigenvalue weighted by Gasteiger charge is 2.28. The Morgan fingerprint density at radius 1 is 1.12 bits per heavy atom. The van der Waals surface area contributed by atoms with Crippen molar-refractivity contribution in [1.29, 1.82) is 0 Å². The van der Waals surface area contributed by atoms with Gasteiger partial charge in [-0.3, -0.25) is 0 Å². The van der Waals surface area contributed by atoms with E-state index in [9.17, 15) is 0 Å². The topological polar surface area (TPSA) is 27.7 Å². The minimum absolute atomic E-state index is 0.437. The van der Waals surface area contributed by atoms with Gasteiger partial charge in [-0.05, 0) is 36.5 Å².